The smallest absolute Gasteiger partial charge is 0.191 e. The van der Waals surface area contributed by atoms with Gasteiger partial charge in [0.05, 0.1) is 30.5 Å². The van der Waals surface area contributed by atoms with Crippen molar-refractivity contribution in [3.8, 4) is 0 Å². The van der Waals surface area contributed by atoms with Crippen LogP contribution in [0.4, 0.5) is 0 Å². The summed E-state index contributed by atoms with van der Waals surface area (Å²) in [6, 6.07) is 0.438. The molecule has 1 fully saturated rings. The van der Waals surface area contributed by atoms with E-state index < -0.39 is 0 Å². The molecule has 1 saturated heterocycles. The van der Waals surface area contributed by atoms with E-state index in [-0.39, 0.29) is 0 Å². The summed E-state index contributed by atoms with van der Waals surface area (Å²) in [5, 5.41) is 7.98. The van der Waals surface area contributed by atoms with Crippen molar-refractivity contribution in [2.24, 2.45) is 4.99 Å². The number of hydrogen-bond donors (Lipinski definition) is 2. The summed E-state index contributed by atoms with van der Waals surface area (Å²) in [5.74, 6) is 0.895. The van der Waals surface area contributed by atoms with Crippen molar-refractivity contribution in [3.63, 3.8) is 0 Å². The third kappa shape index (κ3) is 6.56. The number of aliphatic imine (C=N–C) groups is 1. The van der Waals surface area contributed by atoms with Crippen LogP contribution in [0.1, 0.15) is 36.3 Å². The fourth-order valence-corrected chi connectivity index (χ4v) is 3.93. The quantitative estimate of drug-likeness (QED) is 0.542. The Morgan fingerprint density at radius 3 is 2.72 bits per heavy atom. The van der Waals surface area contributed by atoms with Crippen LogP contribution < -0.4 is 10.6 Å². The van der Waals surface area contributed by atoms with E-state index in [1.165, 1.54) is 15.6 Å². The molecule has 1 aliphatic heterocycles. The predicted molar refractivity (Wildman–Crippen MR) is 106 cm³/mol. The van der Waals surface area contributed by atoms with E-state index in [0.29, 0.717) is 6.04 Å². The van der Waals surface area contributed by atoms with Crippen molar-refractivity contribution in [2.75, 3.05) is 45.9 Å². The van der Waals surface area contributed by atoms with E-state index in [1.54, 1.807) is 0 Å². The largest absolute Gasteiger partial charge is 0.379 e. The monoisotopic (exact) mass is 367 g/mol. The van der Waals surface area contributed by atoms with Gasteiger partial charge in [-0.1, -0.05) is 6.92 Å². The van der Waals surface area contributed by atoms with Gasteiger partial charge in [0.15, 0.2) is 5.96 Å². The van der Waals surface area contributed by atoms with Gasteiger partial charge < -0.3 is 15.4 Å². The van der Waals surface area contributed by atoms with Crippen LogP contribution in [0.15, 0.2) is 4.99 Å². The normalized spacial score (nSPS) is 17.5. The number of aromatic nitrogens is 1. The van der Waals surface area contributed by atoms with Crippen molar-refractivity contribution >= 4 is 17.3 Å². The van der Waals surface area contributed by atoms with Gasteiger partial charge in [0.1, 0.15) is 0 Å². The van der Waals surface area contributed by atoms with Gasteiger partial charge in [-0.05, 0) is 27.2 Å². The van der Waals surface area contributed by atoms with E-state index in [9.17, 15) is 0 Å². The van der Waals surface area contributed by atoms with Gasteiger partial charge in [0.25, 0.3) is 0 Å². The molecule has 0 saturated carbocycles. The third-order valence-electron chi connectivity index (χ3n) is 4.43. The topological polar surface area (TPSA) is 61.8 Å². The Morgan fingerprint density at radius 2 is 2.08 bits per heavy atom. The summed E-state index contributed by atoms with van der Waals surface area (Å²) in [6.07, 6.45) is 1.95. The average Bonchev–Trinajstić information content (AvgIpc) is 2.99. The van der Waals surface area contributed by atoms with Gasteiger partial charge in [-0.2, -0.15) is 0 Å². The van der Waals surface area contributed by atoms with Gasteiger partial charge in [-0.15, -0.1) is 11.3 Å². The molecule has 0 bridgehead atoms. The van der Waals surface area contributed by atoms with Crippen molar-refractivity contribution in [1.29, 1.82) is 0 Å². The fraction of sp³-hybridized carbons (Fsp3) is 0.778. The van der Waals surface area contributed by atoms with E-state index >= 15 is 0 Å². The summed E-state index contributed by atoms with van der Waals surface area (Å²) in [5.41, 5.74) is 1.24. The van der Waals surface area contributed by atoms with Crippen molar-refractivity contribution in [2.45, 2.75) is 46.6 Å². The highest BCUT2D eigenvalue weighted by molar-refractivity contribution is 7.11. The lowest BCUT2D eigenvalue weighted by Crippen LogP contribution is -2.44. The van der Waals surface area contributed by atoms with E-state index in [1.807, 2.05) is 11.3 Å². The molecule has 1 aromatic rings. The number of morpholine rings is 1. The SMILES string of the molecule is CCNC(=NCC(C)N1CCOCC1)NCCc1nc(CC)c(C)s1. The Balaban J connectivity index is 1.80. The number of thiazole rings is 1. The molecule has 2 heterocycles. The zero-order valence-corrected chi connectivity index (χ0v) is 16.9. The first-order valence-electron chi connectivity index (χ1n) is 9.43. The minimum atomic E-state index is 0.438. The maximum absolute atomic E-state index is 5.42. The first kappa shape index (κ1) is 20.1. The van der Waals surface area contributed by atoms with Gasteiger partial charge >= 0.3 is 0 Å². The zero-order chi connectivity index (χ0) is 18.1. The molecule has 0 spiro atoms. The van der Waals surface area contributed by atoms with Crippen LogP contribution in [0.5, 0.6) is 0 Å². The van der Waals surface area contributed by atoms with E-state index in [0.717, 1.165) is 64.7 Å². The fourth-order valence-electron chi connectivity index (χ4n) is 2.91. The maximum Gasteiger partial charge on any atom is 0.191 e. The highest BCUT2D eigenvalue weighted by Gasteiger charge is 2.16. The van der Waals surface area contributed by atoms with Crippen LogP contribution in [-0.2, 0) is 17.6 Å². The Bertz CT molecular complexity index is 540. The molecule has 1 aromatic heterocycles. The number of nitrogens with zero attached hydrogens (tertiary/aromatic N) is 3. The van der Waals surface area contributed by atoms with Crippen LogP contribution in [0.2, 0.25) is 0 Å². The number of ether oxygens (including phenoxy) is 1. The van der Waals surface area contributed by atoms with Crippen LogP contribution in [0, 0.1) is 6.92 Å². The molecule has 142 valence electrons. The first-order valence-corrected chi connectivity index (χ1v) is 10.2. The zero-order valence-electron chi connectivity index (χ0n) is 16.1. The summed E-state index contributed by atoms with van der Waals surface area (Å²) < 4.78 is 5.42. The predicted octanol–water partition coefficient (Wildman–Crippen LogP) is 1.83. The van der Waals surface area contributed by atoms with E-state index in [4.69, 9.17) is 14.7 Å². The highest BCUT2D eigenvalue weighted by Crippen LogP contribution is 2.17. The summed E-state index contributed by atoms with van der Waals surface area (Å²) in [4.78, 5) is 13.3. The summed E-state index contributed by atoms with van der Waals surface area (Å²) >= 11 is 1.81. The second kappa shape index (κ2) is 10.7. The van der Waals surface area contributed by atoms with Crippen LogP contribution in [0.3, 0.4) is 0 Å². The van der Waals surface area contributed by atoms with Crippen LogP contribution >= 0.6 is 11.3 Å². The lowest BCUT2D eigenvalue weighted by molar-refractivity contribution is 0.0220. The molecule has 6 nitrogen and oxygen atoms in total. The lowest BCUT2D eigenvalue weighted by atomic mass is 10.2. The number of guanidine groups is 1. The molecule has 0 amide bonds. The lowest BCUT2D eigenvalue weighted by Gasteiger charge is -2.31. The number of hydrogen-bond acceptors (Lipinski definition) is 5. The number of nitrogens with one attached hydrogen (secondary N) is 2. The Kier molecular flexibility index (Phi) is 8.64. The second-order valence-electron chi connectivity index (χ2n) is 6.36. The van der Waals surface area contributed by atoms with E-state index in [2.05, 4.69) is 43.2 Å². The van der Waals surface area contributed by atoms with Gasteiger partial charge in [-0.25, -0.2) is 4.98 Å². The standard InChI is InChI=1S/C18H33N5OS/c1-5-16-15(4)25-17(22-16)7-8-20-18(19-6-2)21-13-14(3)23-9-11-24-12-10-23/h14H,5-13H2,1-4H3,(H2,19,20,21). The molecule has 1 aliphatic rings. The summed E-state index contributed by atoms with van der Waals surface area (Å²) in [6.45, 7) is 14.9. The van der Waals surface area contributed by atoms with Gasteiger partial charge in [-0.3, -0.25) is 9.89 Å². The second-order valence-corrected chi connectivity index (χ2v) is 7.65. The molecule has 7 heteroatoms. The average molecular weight is 368 g/mol. The molecule has 1 unspecified atom stereocenters. The molecule has 0 radical (unpaired) electrons. The maximum atomic E-state index is 5.42. The number of aryl methyl sites for hydroxylation is 2. The molecular formula is C18H33N5OS. The molecule has 25 heavy (non-hydrogen) atoms. The molecule has 0 aliphatic carbocycles. The molecular weight excluding hydrogens is 334 g/mol. The van der Waals surface area contributed by atoms with Crippen molar-refractivity contribution in [3.05, 3.63) is 15.6 Å². The van der Waals surface area contributed by atoms with Gasteiger partial charge in [0, 0.05) is 43.5 Å². The Hall–Kier alpha value is -1.18. The van der Waals surface area contributed by atoms with Gasteiger partial charge in [0.2, 0.25) is 0 Å². The molecule has 2 N–H and O–H groups in total. The summed E-state index contributed by atoms with van der Waals surface area (Å²) in [7, 11) is 0. The Morgan fingerprint density at radius 1 is 1.32 bits per heavy atom. The third-order valence-corrected chi connectivity index (χ3v) is 5.50. The highest BCUT2D eigenvalue weighted by atomic mass is 32.1. The molecule has 2 rings (SSSR count). The first-order chi connectivity index (χ1) is 12.1. The minimum Gasteiger partial charge on any atom is -0.379 e. The van der Waals surface area contributed by atoms with Crippen LogP contribution in [0.25, 0.3) is 0 Å². The Labute approximate surface area is 156 Å². The molecule has 0 aromatic carbocycles. The van der Waals surface area contributed by atoms with Crippen molar-refractivity contribution < 1.29 is 4.74 Å². The number of rotatable bonds is 8. The van der Waals surface area contributed by atoms with Crippen LogP contribution in [-0.4, -0.2) is 67.8 Å². The minimum absolute atomic E-state index is 0.438. The molecule has 1 atom stereocenters. The van der Waals surface area contributed by atoms with Crippen molar-refractivity contribution in [1.82, 2.24) is 20.5 Å².